The van der Waals surface area contributed by atoms with Crippen molar-refractivity contribution in [2.75, 3.05) is 6.61 Å². The number of epoxide rings is 1. The second-order valence-corrected chi connectivity index (χ2v) is 8.46. The first-order valence-corrected chi connectivity index (χ1v) is 9.66. The summed E-state index contributed by atoms with van der Waals surface area (Å²) in [5.74, 6) is 2.59. The van der Waals surface area contributed by atoms with E-state index in [-0.39, 0.29) is 18.3 Å². The lowest BCUT2D eigenvalue weighted by atomic mass is 9.90. The minimum Gasteiger partial charge on any atom is -0.394 e. The highest BCUT2D eigenvalue weighted by Gasteiger charge is 2.50. The summed E-state index contributed by atoms with van der Waals surface area (Å²) in [6.07, 6.45) is 12.1. The number of hydrogen-bond acceptors (Lipinski definition) is 2. The van der Waals surface area contributed by atoms with E-state index in [0.717, 1.165) is 24.2 Å². The Morgan fingerprint density at radius 3 is 1.82 bits per heavy atom. The third-order valence-corrected chi connectivity index (χ3v) is 5.44. The average Bonchev–Trinajstić information content (AvgIpc) is 3.09. The fraction of sp³-hybridized carbons (Fsp3) is 1.00. The Bertz CT molecular complexity index is 289. The maximum Gasteiger partial charge on any atom is 0.110 e. The van der Waals surface area contributed by atoms with Gasteiger partial charge in [-0.05, 0) is 31.1 Å². The second-order valence-electron chi connectivity index (χ2n) is 8.46. The second kappa shape index (κ2) is 9.93. The summed E-state index contributed by atoms with van der Waals surface area (Å²) in [6.45, 7) is 11.8. The van der Waals surface area contributed by atoms with Gasteiger partial charge in [-0.2, -0.15) is 0 Å². The molecule has 0 aromatic rings. The van der Waals surface area contributed by atoms with Crippen LogP contribution in [-0.4, -0.2) is 23.4 Å². The molecule has 0 amide bonds. The number of ether oxygens (including phenoxy) is 1. The molecule has 1 saturated heterocycles. The standard InChI is InChI=1S/C20H40O2/c1-16(2)9-6-10-17(3)11-7-12-18(4)13-8-14-20(5)19(15-21)22-20/h16-19,21H,6-15H2,1-5H3/t17-,18-,19?,20?/m0/s1. The predicted molar refractivity (Wildman–Crippen MR) is 95.1 cm³/mol. The first-order chi connectivity index (χ1) is 10.4. The monoisotopic (exact) mass is 312 g/mol. The van der Waals surface area contributed by atoms with E-state index in [0.29, 0.717) is 0 Å². The van der Waals surface area contributed by atoms with E-state index in [9.17, 15) is 0 Å². The van der Waals surface area contributed by atoms with Gasteiger partial charge in [-0.3, -0.25) is 0 Å². The van der Waals surface area contributed by atoms with Crippen LogP contribution in [0.5, 0.6) is 0 Å². The van der Waals surface area contributed by atoms with E-state index >= 15 is 0 Å². The topological polar surface area (TPSA) is 32.8 Å². The lowest BCUT2D eigenvalue weighted by molar-refractivity contribution is 0.234. The molecule has 0 aliphatic carbocycles. The van der Waals surface area contributed by atoms with Gasteiger partial charge in [0.2, 0.25) is 0 Å². The van der Waals surface area contributed by atoms with Crippen LogP contribution in [0.15, 0.2) is 0 Å². The smallest absolute Gasteiger partial charge is 0.110 e. The van der Waals surface area contributed by atoms with Crippen molar-refractivity contribution in [2.45, 2.75) is 104 Å². The van der Waals surface area contributed by atoms with Gasteiger partial charge in [0, 0.05) is 0 Å². The van der Waals surface area contributed by atoms with E-state index in [4.69, 9.17) is 9.84 Å². The first kappa shape index (κ1) is 20.0. The van der Waals surface area contributed by atoms with E-state index < -0.39 is 0 Å². The Labute approximate surface area is 139 Å². The van der Waals surface area contributed by atoms with E-state index in [1.165, 1.54) is 51.4 Å². The van der Waals surface area contributed by atoms with Crippen molar-refractivity contribution in [3.05, 3.63) is 0 Å². The molecule has 2 heteroatoms. The highest BCUT2D eigenvalue weighted by molar-refractivity contribution is 4.98. The highest BCUT2D eigenvalue weighted by atomic mass is 16.6. The Kier molecular flexibility index (Phi) is 9.01. The van der Waals surface area contributed by atoms with Gasteiger partial charge in [-0.1, -0.05) is 79.1 Å². The van der Waals surface area contributed by atoms with Crippen LogP contribution in [0.2, 0.25) is 0 Å². The van der Waals surface area contributed by atoms with Gasteiger partial charge < -0.3 is 9.84 Å². The molecule has 0 spiro atoms. The molecule has 1 fully saturated rings. The fourth-order valence-electron chi connectivity index (χ4n) is 3.52. The molecule has 2 unspecified atom stereocenters. The van der Waals surface area contributed by atoms with Gasteiger partial charge in [0.25, 0.3) is 0 Å². The van der Waals surface area contributed by atoms with Crippen LogP contribution in [0.3, 0.4) is 0 Å². The number of hydrogen-bond donors (Lipinski definition) is 1. The van der Waals surface area contributed by atoms with Crippen molar-refractivity contribution in [1.29, 1.82) is 0 Å². The van der Waals surface area contributed by atoms with Gasteiger partial charge in [-0.25, -0.2) is 0 Å². The Balaban J connectivity index is 1.96. The zero-order valence-electron chi connectivity index (χ0n) is 15.7. The van der Waals surface area contributed by atoms with Crippen LogP contribution in [-0.2, 0) is 4.74 Å². The third-order valence-electron chi connectivity index (χ3n) is 5.44. The molecule has 0 saturated carbocycles. The summed E-state index contributed by atoms with van der Waals surface area (Å²) < 4.78 is 5.55. The molecule has 1 aliphatic rings. The molecule has 1 N–H and O–H groups in total. The van der Waals surface area contributed by atoms with Crippen molar-refractivity contribution in [3.8, 4) is 0 Å². The molecule has 0 radical (unpaired) electrons. The van der Waals surface area contributed by atoms with Crippen LogP contribution >= 0.6 is 0 Å². The zero-order valence-corrected chi connectivity index (χ0v) is 15.7. The van der Waals surface area contributed by atoms with Crippen LogP contribution in [0.4, 0.5) is 0 Å². The molecule has 1 rings (SSSR count). The first-order valence-electron chi connectivity index (χ1n) is 9.66. The summed E-state index contributed by atoms with van der Waals surface area (Å²) in [6, 6.07) is 0. The van der Waals surface area contributed by atoms with Gasteiger partial charge in [-0.15, -0.1) is 0 Å². The highest BCUT2D eigenvalue weighted by Crippen LogP contribution is 2.40. The zero-order chi connectivity index (χ0) is 16.6. The molecule has 2 nitrogen and oxygen atoms in total. The third kappa shape index (κ3) is 7.97. The molecular formula is C20H40O2. The van der Waals surface area contributed by atoms with Crippen LogP contribution < -0.4 is 0 Å². The van der Waals surface area contributed by atoms with Crippen molar-refractivity contribution in [1.82, 2.24) is 0 Å². The van der Waals surface area contributed by atoms with E-state index in [2.05, 4.69) is 34.6 Å². The van der Waals surface area contributed by atoms with E-state index in [1.54, 1.807) is 0 Å². The van der Waals surface area contributed by atoms with Gasteiger partial charge in [0.1, 0.15) is 6.10 Å². The van der Waals surface area contributed by atoms with Gasteiger partial charge >= 0.3 is 0 Å². The summed E-state index contributed by atoms with van der Waals surface area (Å²) in [5.41, 5.74) is -0.0145. The lowest BCUT2D eigenvalue weighted by Gasteiger charge is -2.15. The van der Waals surface area contributed by atoms with Crippen molar-refractivity contribution in [2.24, 2.45) is 17.8 Å². The summed E-state index contributed by atoms with van der Waals surface area (Å²) in [7, 11) is 0. The Morgan fingerprint density at radius 2 is 1.36 bits per heavy atom. The minimum absolute atomic E-state index is 0.0145. The molecule has 0 aromatic carbocycles. The SMILES string of the molecule is CC(C)CCC[C@H](C)CCC[C@H](C)CCCC1(C)OC1CO. The molecule has 132 valence electrons. The molecule has 22 heavy (non-hydrogen) atoms. The largest absolute Gasteiger partial charge is 0.394 e. The maximum absolute atomic E-state index is 9.09. The minimum atomic E-state index is -0.0145. The molecule has 0 bridgehead atoms. The van der Waals surface area contributed by atoms with Crippen LogP contribution in [0.1, 0.15) is 92.4 Å². The molecule has 4 atom stereocenters. The average molecular weight is 313 g/mol. The van der Waals surface area contributed by atoms with Crippen LogP contribution in [0, 0.1) is 17.8 Å². The predicted octanol–water partition coefficient (Wildman–Crippen LogP) is 5.58. The molecule has 1 heterocycles. The summed E-state index contributed by atoms with van der Waals surface area (Å²) in [5, 5.41) is 9.09. The quantitative estimate of drug-likeness (QED) is 0.451. The summed E-state index contributed by atoms with van der Waals surface area (Å²) >= 11 is 0. The van der Waals surface area contributed by atoms with Gasteiger partial charge in [0.15, 0.2) is 0 Å². The number of aliphatic hydroxyl groups is 1. The maximum atomic E-state index is 9.09. The fourth-order valence-corrected chi connectivity index (χ4v) is 3.52. The molecule has 1 aliphatic heterocycles. The van der Waals surface area contributed by atoms with Crippen molar-refractivity contribution in [3.63, 3.8) is 0 Å². The van der Waals surface area contributed by atoms with E-state index in [1.807, 2.05) is 0 Å². The van der Waals surface area contributed by atoms with Gasteiger partial charge in [0.05, 0.1) is 12.2 Å². The summed E-state index contributed by atoms with van der Waals surface area (Å²) in [4.78, 5) is 0. The Morgan fingerprint density at radius 1 is 0.864 bits per heavy atom. The Hall–Kier alpha value is -0.0800. The lowest BCUT2D eigenvalue weighted by Crippen LogP contribution is -2.12. The van der Waals surface area contributed by atoms with Crippen molar-refractivity contribution < 1.29 is 9.84 Å². The number of rotatable bonds is 13. The van der Waals surface area contributed by atoms with Crippen molar-refractivity contribution >= 4 is 0 Å². The van der Waals surface area contributed by atoms with Crippen LogP contribution in [0.25, 0.3) is 0 Å². The molecule has 0 aromatic heterocycles. The normalized spacial score (nSPS) is 27.1. The molecular weight excluding hydrogens is 272 g/mol. The number of aliphatic hydroxyl groups excluding tert-OH is 1.